The lowest BCUT2D eigenvalue weighted by atomic mass is 10.2. The predicted molar refractivity (Wildman–Crippen MR) is 56.3 cm³/mol. The van der Waals surface area contributed by atoms with Gasteiger partial charge in [0, 0.05) is 12.6 Å². The number of furan rings is 1. The van der Waals surface area contributed by atoms with Crippen molar-refractivity contribution in [1.29, 1.82) is 0 Å². The monoisotopic (exact) mass is 208 g/mol. The van der Waals surface area contributed by atoms with Crippen molar-refractivity contribution < 1.29 is 9.21 Å². The summed E-state index contributed by atoms with van der Waals surface area (Å²) in [6.07, 6.45) is 3.68. The molecule has 82 valence electrons. The minimum Gasteiger partial charge on any atom is -0.467 e. The lowest BCUT2D eigenvalue weighted by Gasteiger charge is -2.20. The Morgan fingerprint density at radius 1 is 1.73 bits per heavy atom. The first-order valence-electron chi connectivity index (χ1n) is 5.31. The van der Waals surface area contributed by atoms with Gasteiger partial charge in [0.1, 0.15) is 12.0 Å². The minimum absolute atomic E-state index is 0.0588. The number of nitrogens with zero attached hydrogens (tertiary/aromatic N) is 1. The SMILES string of the molecule is CC1CCCN1C(=O)c1coc(CN)c1. The molecular weight excluding hydrogens is 192 g/mol. The molecule has 4 heteroatoms. The van der Waals surface area contributed by atoms with E-state index >= 15 is 0 Å². The molecule has 0 radical (unpaired) electrons. The van der Waals surface area contributed by atoms with E-state index in [9.17, 15) is 4.79 Å². The lowest BCUT2D eigenvalue weighted by Crippen LogP contribution is -2.33. The molecule has 1 atom stereocenters. The number of amides is 1. The summed E-state index contributed by atoms with van der Waals surface area (Å²) in [5.41, 5.74) is 6.04. The number of hydrogen-bond acceptors (Lipinski definition) is 3. The smallest absolute Gasteiger partial charge is 0.257 e. The fourth-order valence-corrected chi connectivity index (χ4v) is 2.00. The van der Waals surface area contributed by atoms with Crippen LogP contribution >= 0.6 is 0 Å². The van der Waals surface area contributed by atoms with Gasteiger partial charge in [-0.05, 0) is 25.8 Å². The lowest BCUT2D eigenvalue weighted by molar-refractivity contribution is 0.0747. The Kier molecular flexibility index (Phi) is 2.77. The maximum absolute atomic E-state index is 12.0. The fraction of sp³-hybridized carbons (Fsp3) is 0.545. The summed E-state index contributed by atoms with van der Waals surface area (Å²) in [5.74, 6) is 0.716. The topological polar surface area (TPSA) is 59.5 Å². The third-order valence-electron chi connectivity index (χ3n) is 2.92. The van der Waals surface area contributed by atoms with E-state index in [1.165, 1.54) is 6.26 Å². The second-order valence-corrected chi connectivity index (χ2v) is 4.00. The second kappa shape index (κ2) is 4.06. The number of rotatable bonds is 2. The van der Waals surface area contributed by atoms with Crippen molar-refractivity contribution in [2.75, 3.05) is 6.54 Å². The molecule has 1 saturated heterocycles. The Balaban J connectivity index is 2.13. The van der Waals surface area contributed by atoms with E-state index in [2.05, 4.69) is 6.92 Å². The largest absolute Gasteiger partial charge is 0.467 e. The maximum atomic E-state index is 12.0. The molecule has 0 bridgehead atoms. The molecule has 2 N–H and O–H groups in total. The van der Waals surface area contributed by atoms with Gasteiger partial charge in [0.15, 0.2) is 0 Å². The molecule has 1 amide bonds. The first kappa shape index (κ1) is 10.2. The molecule has 1 aromatic heterocycles. The van der Waals surface area contributed by atoms with Gasteiger partial charge in [-0.2, -0.15) is 0 Å². The van der Waals surface area contributed by atoms with Crippen LogP contribution in [-0.2, 0) is 6.54 Å². The van der Waals surface area contributed by atoms with E-state index in [1.54, 1.807) is 6.07 Å². The number of nitrogens with two attached hydrogens (primary N) is 1. The van der Waals surface area contributed by atoms with E-state index in [-0.39, 0.29) is 5.91 Å². The van der Waals surface area contributed by atoms with Crippen molar-refractivity contribution in [2.24, 2.45) is 5.73 Å². The van der Waals surface area contributed by atoms with Crippen molar-refractivity contribution in [3.8, 4) is 0 Å². The van der Waals surface area contributed by atoms with Crippen molar-refractivity contribution in [3.05, 3.63) is 23.7 Å². The Morgan fingerprint density at radius 2 is 2.53 bits per heavy atom. The zero-order chi connectivity index (χ0) is 10.8. The van der Waals surface area contributed by atoms with Crippen LogP contribution in [0.2, 0.25) is 0 Å². The number of likely N-dealkylation sites (tertiary alicyclic amines) is 1. The van der Waals surface area contributed by atoms with Gasteiger partial charge in [0.25, 0.3) is 5.91 Å². The molecule has 0 aliphatic carbocycles. The van der Waals surface area contributed by atoms with Gasteiger partial charge in [-0.25, -0.2) is 0 Å². The van der Waals surface area contributed by atoms with Crippen LogP contribution < -0.4 is 5.73 Å². The summed E-state index contributed by atoms with van der Waals surface area (Å²) in [4.78, 5) is 13.9. The standard InChI is InChI=1S/C11H16N2O2/c1-8-3-2-4-13(8)11(14)9-5-10(6-12)15-7-9/h5,7-8H,2-4,6,12H2,1H3. The van der Waals surface area contributed by atoms with Crippen molar-refractivity contribution >= 4 is 5.91 Å². The number of carbonyl (C=O) groups excluding carboxylic acids is 1. The molecule has 15 heavy (non-hydrogen) atoms. The van der Waals surface area contributed by atoms with Gasteiger partial charge in [0.05, 0.1) is 12.1 Å². The van der Waals surface area contributed by atoms with E-state index < -0.39 is 0 Å². The van der Waals surface area contributed by atoms with Gasteiger partial charge in [-0.3, -0.25) is 4.79 Å². The van der Waals surface area contributed by atoms with E-state index in [1.807, 2.05) is 4.90 Å². The highest BCUT2D eigenvalue weighted by Gasteiger charge is 2.26. The molecule has 4 nitrogen and oxygen atoms in total. The summed E-state index contributed by atoms with van der Waals surface area (Å²) in [5, 5.41) is 0. The van der Waals surface area contributed by atoms with Crippen molar-refractivity contribution in [2.45, 2.75) is 32.4 Å². The van der Waals surface area contributed by atoms with Crippen molar-refractivity contribution in [3.63, 3.8) is 0 Å². The zero-order valence-electron chi connectivity index (χ0n) is 8.90. The van der Waals surface area contributed by atoms with Crippen LogP contribution in [0.4, 0.5) is 0 Å². The predicted octanol–water partition coefficient (Wildman–Crippen LogP) is 1.36. The third kappa shape index (κ3) is 1.90. The molecular formula is C11H16N2O2. The van der Waals surface area contributed by atoms with E-state index in [0.717, 1.165) is 19.4 Å². The normalized spacial score (nSPS) is 20.9. The van der Waals surface area contributed by atoms with Crippen LogP contribution in [0.25, 0.3) is 0 Å². The average molecular weight is 208 g/mol. The third-order valence-corrected chi connectivity index (χ3v) is 2.92. The summed E-state index contributed by atoms with van der Waals surface area (Å²) < 4.78 is 5.16. The van der Waals surface area contributed by atoms with E-state index in [0.29, 0.717) is 23.9 Å². The molecule has 0 saturated carbocycles. The molecule has 1 aliphatic rings. The molecule has 2 rings (SSSR count). The number of hydrogen-bond donors (Lipinski definition) is 1. The van der Waals surface area contributed by atoms with Crippen LogP contribution in [0, 0.1) is 0 Å². The quantitative estimate of drug-likeness (QED) is 0.798. The molecule has 0 spiro atoms. The van der Waals surface area contributed by atoms with Gasteiger partial charge in [0.2, 0.25) is 0 Å². The number of carbonyl (C=O) groups is 1. The molecule has 1 aromatic rings. The van der Waals surface area contributed by atoms with Crippen LogP contribution in [-0.4, -0.2) is 23.4 Å². The fourth-order valence-electron chi connectivity index (χ4n) is 2.00. The Hall–Kier alpha value is -1.29. The van der Waals surface area contributed by atoms with Crippen LogP contribution in [0.3, 0.4) is 0 Å². The minimum atomic E-state index is 0.0588. The van der Waals surface area contributed by atoms with E-state index in [4.69, 9.17) is 10.2 Å². The summed E-state index contributed by atoms with van der Waals surface area (Å²) in [7, 11) is 0. The van der Waals surface area contributed by atoms with Gasteiger partial charge < -0.3 is 15.1 Å². The van der Waals surface area contributed by atoms with Gasteiger partial charge in [-0.1, -0.05) is 0 Å². The molecule has 1 aliphatic heterocycles. The summed E-state index contributed by atoms with van der Waals surface area (Å²) in [6, 6.07) is 2.07. The zero-order valence-corrected chi connectivity index (χ0v) is 8.90. The second-order valence-electron chi connectivity index (χ2n) is 4.00. The van der Waals surface area contributed by atoms with Crippen LogP contribution in [0.15, 0.2) is 16.7 Å². The average Bonchev–Trinajstić information content (AvgIpc) is 2.84. The first-order valence-corrected chi connectivity index (χ1v) is 5.31. The summed E-state index contributed by atoms with van der Waals surface area (Å²) >= 11 is 0. The first-order chi connectivity index (χ1) is 7.22. The van der Waals surface area contributed by atoms with Gasteiger partial charge >= 0.3 is 0 Å². The highest BCUT2D eigenvalue weighted by Crippen LogP contribution is 2.20. The molecule has 1 unspecified atom stereocenters. The summed E-state index contributed by atoms with van der Waals surface area (Å²) in [6.45, 7) is 3.26. The Morgan fingerprint density at radius 3 is 3.07 bits per heavy atom. The Bertz CT molecular complexity index is 359. The molecule has 0 aromatic carbocycles. The molecule has 2 heterocycles. The highest BCUT2D eigenvalue weighted by molar-refractivity contribution is 5.94. The van der Waals surface area contributed by atoms with Crippen LogP contribution in [0.1, 0.15) is 35.9 Å². The van der Waals surface area contributed by atoms with Crippen LogP contribution in [0.5, 0.6) is 0 Å². The molecule has 1 fully saturated rings. The maximum Gasteiger partial charge on any atom is 0.257 e. The Labute approximate surface area is 89.0 Å². The van der Waals surface area contributed by atoms with Crippen molar-refractivity contribution in [1.82, 2.24) is 4.90 Å². The van der Waals surface area contributed by atoms with Gasteiger partial charge in [-0.15, -0.1) is 0 Å². The highest BCUT2D eigenvalue weighted by atomic mass is 16.3.